The topological polar surface area (TPSA) is 73.5 Å². The van der Waals surface area contributed by atoms with Crippen LogP contribution in [-0.2, 0) is 9.53 Å². The molecule has 1 atom stereocenters. The quantitative estimate of drug-likeness (QED) is 0.744. The lowest BCUT2D eigenvalue weighted by molar-refractivity contribution is -0.125. The monoisotopic (exact) mass is 385 g/mol. The van der Waals surface area contributed by atoms with Crippen molar-refractivity contribution in [3.05, 3.63) is 23.8 Å². The van der Waals surface area contributed by atoms with E-state index in [-0.39, 0.29) is 11.8 Å². The minimum absolute atomic E-state index is 0.0343. The first-order valence-electron chi connectivity index (χ1n) is 10.5. The van der Waals surface area contributed by atoms with Crippen molar-refractivity contribution in [2.24, 2.45) is 5.92 Å². The lowest BCUT2D eigenvalue weighted by Crippen LogP contribution is -2.44. The van der Waals surface area contributed by atoms with Crippen LogP contribution in [0.1, 0.15) is 24.8 Å². The first-order chi connectivity index (χ1) is 13.7. The molecular formula is C21H31N5O2. The Morgan fingerprint density at radius 1 is 1.32 bits per heavy atom. The molecule has 0 aliphatic carbocycles. The van der Waals surface area contributed by atoms with Gasteiger partial charge in [-0.15, -0.1) is 0 Å². The van der Waals surface area contributed by atoms with Gasteiger partial charge in [-0.25, -0.2) is 4.98 Å². The van der Waals surface area contributed by atoms with Crippen molar-refractivity contribution < 1.29 is 9.53 Å². The first-order valence-corrected chi connectivity index (χ1v) is 10.5. The summed E-state index contributed by atoms with van der Waals surface area (Å²) in [5, 5.41) is 3.14. The Kier molecular flexibility index (Phi) is 6.12. The van der Waals surface area contributed by atoms with E-state index in [1.54, 1.807) is 0 Å². The molecule has 1 aromatic carbocycles. The second kappa shape index (κ2) is 8.92. The number of amides is 1. The number of piperidine rings is 1. The van der Waals surface area contributed by atoms with Crippen LogP contribution in [0.4, 0.5) is 5.95 Å². The Balaban J connectivity index is 1.27. The van der Waals surface area contributed by atoms with Crippen molar-refractivity contribution in [3.8, 4) is 0 Å². The van der Waals surface area contributed by atoms with Crippen LogP contribution in [0, 0.1) is 12.8 Å². The molecule has 0 unspecified atom stereocenters. The summed E-state index contributed by atoms with van der Waals surface area (Å²) < 4.78 is 5.37. The molecule has 1 amide bonds. The third kappa shape index (κ3) is 4.64. The Morgan fingerprint density at radius 2 is 2.18 bits per heavy atom. The largest absolute Gasteiger partial charge is 0.379 e. The molecule has 2 fully saturated rings. The number of hydrogen-bond acceptors (Lipinski definition) is 5. The molecule has 0 saturated carbocycles. The highest BCUT2D eigenvalue weighted by Gasteiger charge is 2.27. The zero-order chi connectivity index (χ0) is 19.3. The molecule has 2 aromatic rings. The number of nitrogens with one attached hydrogen (secondary N) is 2. The molecule has 4 rings (SSSR count). The number of hydrogen-bond donors (Lipinski definition) is 2. The summed E-state index contributed by atoms with van der Waals surface area (Å²) in [6, 6.07) is 6.25. The number of anilines is 1. The fraction of sp³-hybridized carbons (Fsp3) is 0.619. The van der Waals surface area contributed by atoms with Gasteiger partial charge in [-0.05, 0) is 50.4 Å². The lowest BCUT2D eigenvalue weighted by Gasteiger charge is -2.32. The summed E-state index contributed by atoms with van der Waals surface area (Å²) >= 11 is 0. The molecule has 7 heteroatoms. The zero-order valence-corrected chi connectivity index (χ0v) is 16.7. The number of imidazole rings is 1. The summed E-state index contributed by atoms with van der Waals surface area (Å²) in [5.41, 5.74) is 3.26. The van der Waals surface area contributed by atoms with Crippen LogP contribution in [0.15, 0.2) is 18.2 Å². The maximum absolute atomic E-state index is 12.6. The molecule has 2 aliphatic rings. The van der Waals surface area contributed by atoms with Gasteiger partial charge in [-0.3, -0.25) is 9.69 Å². The Labute approximate surface area is 166 Å². The van der Waals surface area contributed by atoms with E-state index in [9.17, 15) is 4.79 Å². The van der Waals surface area contributed by atoms with Gasteiger partial charge in [0, 0.05) is 32.7 Å². The average molecular weight is 386 g/mol. The zero-order valence-electron chi connectivity index (χ0n) is 16.7. The molecule has 2 saturated heterocycles. The number of aryl methyl sites for hydroxylation is 1. The maximum Gasteiger partial charge on any atom is 0.224 e. The highest BCUT2D eigenvalue weighted by atomic mass is 16.5. The van der Waals surface area contributed by atoms with Crippen molar-refractivity contribution in [3.63, 3.8) is 0 Å². The smallest absolute Gasteiger partial charge is 0.224 e. The number of ether oxygens (including phenoxy) is 1. The molecule has 7 nitrogen and oxygen atoms in total. The van der Waals surface area contributed by atoms with Crippen LogP contribution in [0.3, 0.4) is 0 Å². The van der Waals surface area contributed by atoms with Crippen LogP contribution in [-0.4, -0.2) is 73.3 Å². The van der Waals surface area contributed by atoms with Gasteiger partial charge in [0.2, 0.25) is 11.9 Å². The normalized spacial score (nSPS) is 21.2. The van der Waals surface area contributed by atoms with E-state index in [4.69, 9.17) is 9.72 Å². The lowest BCUT2D eigenvalue weighted by atomic mass is 9.97. The molecule has 0 spiro atoms. The number of fused-ring (bicyclic) bond motifs is 1. The number of carbonyl (C=O) groups excluding carboxylic acids is 1. The van der Waals surface area contributed by atoms with Gasteiger partial charge in [0.05, 0.1) is 30.2 Å². The van der Waals surface area contributed by atoms with Gasteiger partial charge in [-0.2, -0.15) is 0 Å². The Hall–Kier alpha value is -2.12. The number of H-pyrrole nitrogens is 1. The third-order valence-corrected chi connectivity index (χ3v) is 5.77. The van der Waals surface area contributed by atoms with E-state index in [1.807, 2.05) is 6.07 Å². The number of nitrogens with zero attached hydrogens (tertiary/aromatic N) is 3. The molecule has 0 bridgehead atoms. The van der Waals surface area contributed by atoms with Crippen LogP contribution in [0.25, 0.3) is 11.0 Å². The number of aromatic nitrogens is 2. The third-order valence-electron chi connectivity index (χ3n) is 5.77. The van der Waals surface area contributed by atoms with Crippen LogP contribution >= 0.6 is 0 Å². The van der Waals surface area contributed by atoms with Gasteiger partial charge < -0.3 is 19.9 Å². The summed E-state index contributed by atoms with van der Waals surface area (Å²) in [5.74, 6) is 1.09. The number of rotatable bonds is 6. The molecule has 2 N–H and O–H groups in total. The number of morpholine rings is 1. The van der Waals surface area contributed by atoms with Crippen molar-refractivity contribution in [2.45, 2.75) is 26.2 Å². The van der Waals surface area contributed by atoms with E-state index < -0.39 is 0 Å². The van der Waals surface area contributed by atoms with E-state index in [1.165, 1.54) is 5.56 Å². The van der Waals surface area contributed by atoms with Crippen LogP contribution in [0.2, 0.25) is 0 Å². The first kappa shape index (κ1) is 19.2. The summed E-state index contributed by atoms with van der Waals surface area (Å²) in [6.07, 6.45) is 2.96. The van der Waals surface area contributed by atoms with Gasteiger partial charge in [0.25, 0.3) is 0 Å². The van der Waals surface area contributed by atoms with Gasteiger partial charge in [0.1, 0.15) is 0 Å². The number of carbonyl (C=O) groups is 1. The van der Waals surface area contributed by atoms with E-state index in [0.717, 1.165) is 88.7 Å². The summed E-state index contributed by atoms with van der Waals surface area (Å²) in [7, 11) is 0. The molecule has 152 valence electrons. The Morgan fingerprint density at radius 3 is 3.04 bits per heavy atom. The van der Waals surface area contributed by atoms with Crippen molar-refractivity contribution in [1.29, 1.82) is 0 Å². The second-order valence-electron chi connectivity index (χ2n) is 7.96. The van der Waals surface area contributed by atoms with Gasteiger partial charge >= 0.3 is 0 Å². The SMILES string of the molecule is Cc1ccc2nc(N3CCC[C@H](C(=O)NCCCN4CCOCC4)C3)[nH]c2c1. The predicted octanol–water partition coefficient (Wildman–Crippen LogP) is 1.93. The molecule has 2 aliphatic heterocycles. The van der Waals surface area contributed by atoms with Gasteiger partial charge in [-0.1, -0.05) is 6.07 Å². The fourth-order valence-corrected chi connectivity index (χ4v) is 4.13. The van der Waals surface area contributed by atoms with Crippen LogP contribution < -0.4 is 10.2 Å². The minimum Gasteiger partial charge on any atom is -0.379 e. The average Bonchev–Trinajstić information content (AvgIpc) is 3.15. The molecule has 1 aromatic heterocycles. The maximum atomic E-state index is 12.6. The van der Waals surface area contributed by atoms with Crippen LogP contribution in [0.5, 0.6) is 0 Å². The second-order valence-corrected chi connectivity index (χ2v) is 7.96. The van der Waals surface area contributed by atoms with Crippen molar-refractivity contribution in [1.82, 2.24) is 20.2 Å². The Bertz CT molecular complexity index is 799. The van der Waals surface area contributed by atoms with E-state index in [2.05, 4.69) is 39.2 Å². The van der Waals surface area contributed by atoms with Crippen molar-refractivity contribution >= 4 is 22.9 Å². The molecule has 3 heterocycles. The van der Waals surface area contributed by atoms with Crippen molar-refractivity contribution in [2.75, 3.05) is 57.4 Å². The van der Waals surface area contributed by atoms with E-state index in [0.29, 0.717) is 0 Å². The standard InChI is InChI=1S/C21H31N5O2/c1-16-5-6-18-19(14-16)24-21(23-18)26-9-2-4-17(15-26)20(27)22-7-3-8-25-10-12-28-13-11-25/h5-6,14,17H,2-4,7-13,15H2,1H3,(H,22,27)(H,23,24)/t17-/m0/s1. The van der Waals surface area contributed by atoms with E-state index >= 15 is 0 Å². The summed E-state index contributed by atoms with van der Waals surface area (Å²) in [6.45, 7) is 9.19. The summed E-state index contributed by atoms with van der Waals surface area (Å²) in [4.78, 5) is 25.4. The number of aromatic amines is 1. The highest BCUT2D eigenvalue weighted by Crippen LogP contribution is 2.24. The molecular weight excluding hydrogens is 354 g/mol. The van der Waals surface area contributed by atoms with Gasteiger partial charge in [0.15, 0.2) is 0 Å². The number of benzene rings is 1. The molecule has 28 heavy (non-hydrogen) atoms. The highest BCUT2D eigenvalue weighted by molar-refractivity contribution is 5.80. The minimum atomic E-state index is 0.0343. The predicted molar refractivity (Wildman–Crippen MR) is 111 cm³/mol. The molecule has 0 radical (unpaired) electrons. The fourth-order valence-electron chi connectivity index (χ4n) is 4.13.